The summed E-state index contributed by atoms with van der Waals surface area (Å²) < 4.78 is 2.06. The van der Waals surface area contributed by atoms with Gasteiger partial charge in [0.1, 0.15) is 5.82 Å². The molecule has 31 heavy (non-hydrogen) atoms. The maximum Gasteiger partial charge on any atom is 0.303 e. The second-order valence-corrected chi connectivity index (χ2v) is 8.08. The zero-order valence-electron chi connectivity index (χ0n) is 17.0. The molecule has 1 aliphatic heterocycles. The van der Waals surface area contributed by atoms with E-state index in [0.29, 0.717) is 16.9 Å². The molecule has 1 aromatic heterocycles. The van der Waals surface area contributed by atoms with Gasteiger partial charge in [-0.3, -0.25) is 14.4 Å². The minimum Gasteiger partial charge on any atom is -0.481 e. The Labute approximate surface area is 184 Å². The number of hydrazine groups is 1. The first-order valence-corrected chi connectivity index (χ1v) is 11.0. The molecule has 0 radical (unpaired) electrons. The molecule has 0 spiro atoms. The summed E-state index contributed by atoms with van der Waals surface area (Å²) in [7, 11) is 0. The van der Waals surface area contributed by atoms with Crippen molar-refractivity contribution in [3.8, 4) is 0 Å². The number of anilines is 2. The van der Waals surface area contributed by atoms with Crippen molar-refractivity contribution in [2.24, 2.45) is 0 Å². The van der Waals surface area contributed by atoms with E-state index in [4.69, 9.17) is 5.11 Å². The minimum atomic E-state index is -0.927. The topological polar surface area (TPSA) is 124 Å². The summed E-state index contributed by atoms with van der Waals surface area (Å²) in [4.78, 5) is 39.6. The van der Waals surface area contributed by atoms with Crippen molar-refractivity contribution in [2.45, 2.75) is 25.7 Å². The molecule has 3 rings (SSSR count). The van der Waals surface area contributed by atoms with Crippen molar-refractivity contribution in [1.82, 2.24) is 14.7 Å². The summed E-state index contributed by atoms with van der Waals surface area (Å²) in [5.41, 5.74) is 5.16. The molecule has 2 heterocycles. The molecule has 0 saturated carbocycles. The summed E-state index contributed by atoms with van der Waals surface area (Å²) in [5.74, 6) is -0.367. The lowest BCUT2D eigenvalue weighted by Gasteiger charge is -2.26. The number of aliphatic carboxylic acids is 1. The highest BCUT2D eigenvalue weighted by Crippen LogP contribution is 2.21. The lowest BCUT2D eigenvalue weighted by molar-refractivity contribution is -0.137. The number of pyridine rings is 1. The number of hydrogen-bond acceptors (Lipinski definition) is 7. The number of benzene rings is 1. The zero-order valence-corrected chi connectivity index (χ0v) is 17.8. The first kappa shape index (κ1) is 22.6. The van der Waals surface area contributed by atoms with Crippen LogP contribution < -0.4 is 16.1 Å². The predicted molar refractivity (Wildman–Crippen MR) is 120 cm³/mol. The van der Waals surface area contributed by atoms with Crippen LogP contribution in [0.4, 0.5) is 11.5 Å². The van der Waals surface area contributed by atoms with E-state index in [2.05, 4.69) is 25.5 Å². The SMILES string of the molecule is O=C(O)CCc1cccnc1NC(=O)CNC(=O)c1cccc(NN2CCCCS2)c1. The van der Waals surface area contributed by atoms with Gasteiger partial charge in [-0.25, -0.2) is 4.98 Å². The summed E-state index contributed by atoms with van der Waals surface area (Å²) in [6.45, 7) is 0.705. The van der Waals surface area contributed by atoms with E-state index in [9.17, 15) is 14.4 Å². The fourth-order valence-electron chi connectivity index (χ4n) is 2.99. The highest BCUT2D eigenvalue weighted by atomic mass is 32.2. The van der Waals surface area contributed by atoms with Gasteiger partial charge in [0.2, 0.25) is 5.91 Å². The number of rotatable bonds is 9. The Kier molecular flexibility index (Phi) is 8.25. The Hall–Kier alpha value is -3.11. The number of carbonyl (C=O) groups is 3. The van der Waals surface area contributed by atoms with Crippen LogP contribution in [-0.4, -0.2) is 51.1 Å². The molecule has 0 aliphatic carbocycles. The van der Waals surface area contributed by atoms with E-state index in [1.54, 1.807) is 42.3 Å². The van der Waals surface area contributed by atoms with Crippen LogP contribution in [0.5, 0.6) is 0 Å². The molecule has 10 heteroatoms. The number of nitrogens with one attached hydrogen (secondary N) is 3. The molecule has 1 fully saturated rings. The van der Waals surface area contributed by atoms with Gasteiger partial charge in [-0.15, -0.1) is 0 Å². The maximum absolute atomic E-state index is 12.5. The standard InChI is InChI=1S/C21H25N5O4S/c27-18(24-20-15(6-4-10-22-20)8-9-19(28)29)14-23-21(30)16-5-3-7-17(13-16)25-26-11-1-2-12-31-26/h3-7,10,13,25H,1-2,8-9,11-12,14H2,(H,23,30)(H,28,29)(H,22,24,27). The molecule has 1 aliphatic rings. The molecule has 9 nitrogen and oxygen atoms in total. The van der Waals surface area contributed by atoms with Crippen LogP contribution in [0.25, 0.3) is 0 Å². The molecule has 1 aromatic carbocycles. The van der Waals surface area contributed by atoms with Gasteiger partial charge in [0, 0.05) is 30.5 Å². The predicted octanol–water partition coefficient (Wildman–Crippen LogP) is 2.54. The van der Waals surface area contributed by atoms with E-state index >= 15 is 0 Å². The van der Waals surface area contributed by atoms with Gasteiger partial charge >= 0.3 is 5.97 Å². The summed E-state index contributed by atoms with van der Waals surface area (Å²) in [6.07, 6.45) is 4.03. The lowest BCUT2D eigenvalue weighted by atomic mass is 10.1. The molecule has 4 N–H and O–H groups in total. The lowest BCUT2D eigenvalue weighted by Crippen LogP contribution is -2.33. The number of hydrogen-bond donors (Lipinski definition) is 4. The van der Waals surface area contributed by atoms with Crippen molar-refractivity contribution in [2.75, 3.05) is 29.6 Å². The second kappa shape index (κ2) is 11.3. The highest BCUT2D eigenvalue weighted by molar-refractivity contribution is 7.97. The van der Waals surface area contributed by atoms with Crippen LogP contribution in [-0.2, 0) is 16.0 Å². The second-order valence-electron chi connectivity index (χ2n) is 6.97. The van der Waals surface area contributed by atoms with E-state index in [0.717, 1.165) is 24.4 Å². The van der Waals surface area contributed by atoms with Gasteiger partial charge in [0.15, 0.2) is 0 Å². The highest BCUT2D eigenvalue weighted by Gasteiger charge is 2.14. The molecule has 2 amide bonds. The third kappa shape index (κ3) is 7.26. The third-order valence-electron chi connectivity index (χ3n) is 4.55. The van der Waals surface area contributed by atoms with Crippen molar-refractivity contribution in [1.29, 1.82) is 0 Å². The van der Waals surface area contributed by atoms with E-state index in [1.165, 1.54) is 12.6 Å². The summed E-state index contributed by atoms with van der Waals surface area (Å²) in [5, 5.41) is 14.1. The van der Waals surface area contributed by atoms with Gasteiger partial charge in [-0.2, -0.15) is 4.41 Å². The Morgan fingerprint density at radius 1 is 1.16 bits per heavy atom. The fourth-order valence-corrected chi connectivity index (χ4v) is 3.97. The van der Waals surface area contributed by atoms with Crippen LogP contribution in [0.15, 0.2) is 42.6 Å². The minimum absolute atomic E-state index is 0.0639. The smallest absolute Gasteiger partial charge is 0.303 e. The molecule has 0 atom stereocenters. The van der Waals surface area contributed by atoms with E-state index < -0.39 is 11.9 Å². The number of carbonyl (C=O) groups excluding carboxylic acids is 2. The van der Waals surface area contributed by atoms with Crippen LogP contribution in [0.3, 0.4) is 0 Å². The molecule has 164 valence electrons. The molecule has 0 bridgehead atoms. The molecular weight excluding hydrogens is 418 g/mol. The Balaban J connectivity index is 1.52. The van der Waals surface area contributed by atoms with Crippen molar-refractivity contribution in [3.05, 3.63) is 53.7 Å². The molecular formula is C21H25N5O4S. The number of nitrogens with zero attached hydrogens (tertiary/aromatic N) is 2. The average molecular weight is 444 g/mol. The zero-order chi connectivity index (χ0) is 22.1. The van der Waals surface area contributed by atoms with Crippen LogP contribution in [0.1, 0.15) is 35.2 Å². The summed E-state index contributed by atoms with van der Waals surface area (Å²) >= 11 is 1.72. The van der Waals surface area contributed by atoms with Gasteiger partial charge < -0.3 is 21.2 Å². The monoisotopic (exact) mass is 443 g/mol. The molecule has 2 aromatic rings. The van der Waals surface area contributed by atoms with E-state index in [-0.39, 0.29) is 25.3 Å². The summed E-state index contributed by atoms with van der Waals surface area (Å²) in [6, 6.07) is 10.5. The number of aromatic nitrogens is 1. The number of aryl methyl sites for hydroxylation is 1. The van der Waals surface area contributed by atoms with E-state index in [1.807, 2.05) is 6.07 Å². The van der Waals surface area contributed by atoms with Crippen LogP contribution in [0.2, 0.25) is 0 Å². The Morgan fingerprint density at radius 3 is 2.81 bits per heavy atom. The van der Waals surface area contributed by atoms with Crippen molar-refractivity contribution in [3.63, 3.8) is 0 Å². The van der Waals surface area contributed by atoms with Gasteiger partial charge in [-0.1, -0.05) is 24.1 Å². The number of carboxylic acids is 1. The van der Waals surface area contributed by atoms with Crippen LogP contribution in [0, 0.1) is 0 Å². The molecule has 0 unspecified atom stereocenters. The number of amides is 2. The Bertz CT molecular complexity index is 933. The van der Waals surface area contributed by atoms with Crippen molar-refractivity contribution >= 4 is 41.2 Å². The van der Waals surface area contributed by atoms with Crippen LogP contribution >= 0.6 is 11.9 Å². The first-order chi connectivity index (χ1) is 15.0. The van der Waals surface area contributed by atoms with Gasteiger partial charge in [-0.05, 0) is 49.1 Å². The Morgan fingerprint density at radius 2 is 2.03 bits per heavy atom. The largest absolute Gasteiger partial charge is 0.481 e. The average Bonchev–Trinajstić information content (AvgIpc) is 2.77. The number of carboxylic acid groups (broad SMARTS) is 1. The molecule has 1 saturated heterocycles. The maximum atomic E-state index is 12.5. The van der Waals surface area contributed by atoms with Gasteiger partial charge in [0.25, 0.3) is 5.91 Å². The van der Waals surface area contributed by atoms with Crippen molar-refractivity contribution < 1.29 is 19.5 Å². The third-order valence-corrected chi connectivity index (χ3v) is 5.60. The fraction of sp³-hybridized carbons (Fsp3) is 0.333. The normalized spacial score (nSPS) is 13.9. The van der Waals surface area contributed by atoms with Gasteiger partial charge in [0.05, 0.1) is 12.2 Å². The first-order valence-electron chi connectivity index (χ1n) is 10.0. The quantitative estimate of drug-likeness (QED) is 0.436.